The summed E-state index contributed by atoms with van der Waals surface area (Å²) in [6.07, 6.45) is 3.28. The number of allylic oxidation sites excluding steroid dienone is 1. The summed E-state index contributed by atoms with van der Waals surface area (Å²) >= 11 is 0. The van der Waals surface area contributed by atoms with Gasteiger partial charge in [0.2, 0.25) is 0 Å². The van der Waals surface area contributed by atoms with Gasteiger partial charge in [0.15, 0.2) is 0 Å². The van der Waals surface area contributed by atoms with E-state index < -0.39 is 0 Å². The summed E-state index contributed by atoms with van der Waals surface area (Å²) in [5.74, 6) is 0.692. The van der Waals surface area contributed by atoms with E-state index in [0.29, 0.717) is 12.3 Å². The first-order valence-corrected chi connectivity index (χ1v) is 4.02. The number of nitrogens with two attached hydrogens (primary N) is 1. The summed E-state index contributed by atoms with van der Waals surface area (Å²) in [7, 11) is 1.58. The molecule has 0 unspecified atom stereocenters. The molecule has 0 aromatic heterocycles. The predicted octanol–water partition coefficient (Wildman–Crippen LogP) is 2.24. The van der Waals surface area contributed by atoms with Gasteiger partial charge in [-0.1, -0.05) is 33.1 Å². The van der Waals surface area contributed by atoms with Crippen LogP contribution in [-0.4, -0.2) is 13.7 Å². The minimum absolute atomic E-state index is 0.429. The van der Waals surface area contributed by atoms with Gasteiger partial charge in [-0.15, -0.1) is 0 Å². The largest absolute Gasteiger partial charge is 0.496 e. The van der Waals surface area contributed by atoms with Crippen molar-refractivity contribution in [1.29, 1.82) is 0 Å². The first-order chi connectivity index (χ1) is 5.79. The molecule has 0 saturated carbocycles. The van der Waals surface area contributed by atoms with Gasteiger partial charge in [0, 0.05) is 12.1 Å². The molecule has 2 heteroatoms. The Bertz CT molecular complexity index is 141. The van der Waals surface area contributed by atoms with Gasteiger partial charge in [-0.2, -0.15) is 0 Å². The van der Waals surface area contributed by atoms with E-state index in [9.17, 15) is 0 Å². The van der Waals surface area contributed by atoms with Crippen molar-refractivity contribution in [2.24, 2.45) is 5.73 Å². The van der Waals surface area contributed by atoms with Crippen LogP contribution < -0.4 is 5.73 Å². The molecule has 0 atom stereocenters. The Kier molecular flexibility index (Phi) is 11.3. The van der Waals surface area contributed by atoms with Crippen LogP contribution in [0.25, 0.3) is 0 Å². The van der Waals surface area contributed by atoms with Crippen molar-refractivity contribution in [1.82, 2.24) is 0 Å². The molecule has 70 valence electrons. The zero-order chi connectivity index (χ0) is 9.98. The molecule has 0 spiro atoms. The SMILES string of the molecule is C=C/C(CN)=C(\C=C)OC.CC. The van der Waals surface area contributed by atoms with Crippen molar-refractivity contribution in [3.8, 4) is 0 Å². The zero-order valence-corrected chi connectivity index (χ0v) is 8.26. The van der Waals surface area contributed by atoms with Gasteiger partial charge >= 0.3 is 0 Å². The van der Waals surface area contributed by atoms with Crippen LogP contribution in [0, 0.1) is 0 Å². The lowest BCUT2D eigenvalue weighted by Crippen LogP contribution is -2.04. The smallest absolute Gasteiger partial charge is 0.122 e. The maximum Gasteiger partial charge on any atom is 0.122 e. The third kappa shape index (κ3) is 4.74. The highest BCUT2D eigenvalue weighted by Gasteiger charge is 1.95. The highest BCUT2D eigenvalue weighted by Crippen LogP contribution is 2.05. The van der Waals surface area contributed by atoms with Crippen LogP contribution in [0.15, 0.2) is 36.6 Å². The van der Waals surface area contributed by atoms with E-state index in [1.54, 1.807) is 19.3 Å². The predicted molar refractivity (Wildman–Crippen MR) is 54.8 cm³/mol. The van der Waals surface area contributed by atoms with Crippen molar-refractivity contribution < 1.29 is 4.74 Å². The van der Waals surface area contributed by atoms with Gasteiger partial charge in [-0.3, -0.25) is 0 Å². The first kappa shape index (κ1) is 13.6. The van der Waals surface area contributed by atoms with Crippen molar-refractivity contribution >= 4 is 0 Å². The van der Waals surface area contributed by atoms with Gasteiger partial charge < -0.3 is 10.5 Å². The van der Waals surface area contributed by atoms with Crippen LogP contribution >= 0.6 is 0 Å². The number of rotatable bonds is 4. The summed E-state index contributed by atoms with van der Waals surface area (Å²) < 4.78 is 4.95. The summed E-state index contributed by atoms with van der Waals surface area (Å²) in [6, 6.07) is 0. The van der Waals surface area contributed by atoms with E-state index in [2.05, 4.69) is 13.2 Å². The van der Waals surface area contributed by atoms with E-state index >= 15 is 0 Å². The Hall–Kier alpha value is -1.02. The number of ether oxygens (including phenoxy) is 1. The Morgan fingerprint density at radius 2 is 1.83 bits per heavy atom. The van der Waals surface area contributed by atoms with Crippen LogP contribution in [0.3, 0.4) is 0 Å². The molecule has 0 aromatic carbocycles. The number of hydrogen-bond donors (Lipinski definition) is 1. The molecular formula is C10H19NO. The minimum Gasteiger partial charge on any atom is -0.496 e. The molecule has 0 aliphatic carbocycles. The average molecular weight is 169 g/mol. The fourth-order valence-electron chi connectivity index (χ4n) is 0.630. The van der Waals surface area contributed by atoms with Crippen molar-refractivity contribution in [3.63, 3.8) is 0 Å². The molecule has 2 N–H and O–H groups in total. The van der Waals surface area contributed by atoms with Crippen LogP contribution in [-0.2, 0) is 4.74 Å². The highest BCUT2D eigenvalue weighted by molar-refractivity contribution is 5.27. The lowest BCUT2D eigenvalue weighted by atomic mass is 10.2. The van der Waals surface area contributed by atoms with Crippen molar-refractivity contribution in [2.45, 2.75) is 13.8 Å². The van der Waals surface area contributed by atoms with Crippen molar-refractivity contribution in [3.05, 3.63) is 36.6 Å². The van der Waals surface area contributed by atoms with Gasteiger partial charge in [-0.05, 0) is 6.08 Å². The van der Waals surface area contributed by atoms with E-state index in [1.807, 2.05) is 13.8 Å². The van der Waals surface area contributed by atoms with Gasteiger partial charge in [0.25, 0.3) is 0 Å². The number of hydrogen-bond acceptors (Lipinski definition) is 2. The highest BCUT2D eigenvalue weighted by atomic mass is 16.5. The molecule has 0 aliphatic rings. The summed E-state index contributed by atoms with van der Waals surface area (Å²) in [5.41, 5.74) is 6.25. The molecule has 0 saturated heterocycles. The van der Waals surface area contributed by atoms with E-state index in [0.717, 1.165) is 5.57 Å². The Balaban J connectivity index is 0. The van der Waals surface area contributed by atoms with E-state index in [1.165, 1.54) is 0 Å². The molecular weight excluding hydrogens is 150 g/mol. The maximum absolute atomic E-state index is 5.38. The standard InChI is InChI=1S/C8H13NO.C2H6/c1-4-7(6-9)8(5-2)10-3;1-2/h4-5H,1-2,6,9H2,3H3;1-2H3/b8-7-;. The Morgan fingerprint density at radius 1 is 1.33 bits per heavy atom. The van der Waals surface area contributed by atoms with Gasteiger partial charge in [0.05, 0.1) is 7.11 Å². The Morgan fingerprint density at radius 3 is 1.92 bits per heavy atom. The Labute approximate surface area is 75.4 Å². The van der Waals surface area contributed by atoms with Crippen molar-refractivity contribution in [2.75, 3.05) is 13.7 Å². The molecule has 12 heavy (non-hydrogen) atoms. The molecule has 0 aliphatic heterocycles. The lowest BCUT2D eigenvalue weighted by Gasteiger charge is -2.03. The molecule has 0 radical (unpaired) electrons. The molecule has 2 nitrogen and oxygen atoms in total. The zero-order valence-electron chi connectivity index (χ0n) is 8.26. The fourth-order valence-corrected chi connectivity index (χ4v) is 0.630. The molecule has 0 fully saturated rings. The minimum atomic E-state index is 0.429. The molecule has 0 bridgehead atoms. The van der Waals surface area contributed by atoms with Crippen LogP contribution in [0.4, 0.5) is 0 Å². The average Bonchev–Trinajstić information content (AvgIpc) is 2.17. The molecule has 0 aromatic rings. The second kappa shape index (κ2) is 9.98. The van der Waals surface area contributed by atoms with Crippen LogP contribution in [0.1, 0.15) is 13.8 Å². The van der Waals surface area contributed by atoms with E-state index in [-0.39, 0.29) is 0 Å². The second-order valence-electron chi connectivity index (χ2n) is 1.71. The third-order valence-corrected chi connectivity index (χ3v) is 1.19. The summed E-state index contributed by atoms with van der Waals surface area (Å²) in [5, 5.41) is 0. The topological polar surface area (TPSA) is 35.2 Å². The van der Waals surface area contributed by atoms with Crippen LogP contribution in [0.5, 0.6) is 0 Å². The monoisotopic (exact) mass is 169 g/mol. The lowest BCUT2D eigenvalue weighted by molar-refractivity contribution is 0.303. The van der Waals surface area contributed by atoms with Gasteiger partial charge in [0.1, 0.15) is 5.76 Å². The van der Waals surface area contributed by atoms with E-state index in [4.69, 9.17) is 10.5 Å². The van der Waals surface area contributed by atoms with Crippen LogP contribution in [0.2, 0.25) is 0 Å². The molecule has 0 heterocycles. The van der Waals surface area contributed by atoms with Gasteiger partial charge in [-0.25, -0.2) is 0 Å². The molecule has 0 amide bonds. The first-order valence-electron chi connectivity index (χ1n) is 4.02. The summed E-state index contributed by atoms with van der Waals surface area (Å²) in [6.45, 7) is 11.6. The quantitative estimate of drug-likeness (QED) is 0.517. The number of methoxy groups -OCH3 is 1. The molecule has 0 rings (SSSR count). The third-order valence-electron chi connectivity index (χ3n) is 1.19. The fraction of sp³-hybridized carbons (Fsp3) is 0.400. The second-order valence-corrected chi connectivity index (χ2v) is 1.71. The summed E-state index contributed by atoms with van der Waals surface area (Å²) in [4.78, 5) is 0. The maximum atomic E-state index is 5.38. The normalized spacial score (nSPS) is 10.3.